The Morgan fingerprint density at radius 3 is 2.50 bits per heavy atom. The van der Waals surface area contributed by atoms with Gasteiger partial charge in [0.05, 0.1) is 28.9 Å². The predicted octanol–water partition coefficient (Wildman–Crippen LogP) is 5.84. The minimum absolute atomic E-state index is 0.154. The third-order valence-electron chi connectivity index (χ3n) is 8.08. The first-order chi connectivity index (χ1) is 20.2. The molecule has 0 bridgehead atoms. The highest BCUT2D eigenvalue weighted by atomic mass is 35.5. The first kappa shape index (κ1) is 28.6. The standard InChI is InChI=1S/C32H33ClF2N4O3/c1-38-28-12-6-21(16-23(28)18-36-38)20-4-8-24(9-5-20)32(34,35)31(41)37-27(19-39-14-2-3-15-39)30(40)22-7-13-29(26(33)17-22)42-25-10-11-25/h4-9,12-13,16-18,25,27,30,40H,2-3,10-11,14-15,19H2,1H3,(H,37,41)/t27-,30-/m1/s1. The molecule has 2 N–H and O–H groups in total. The fraction of sp³-hybridized carbons (Fsp3) is 0.375. The quantitative estimate of drug-likeness (QED) is 0.241. The average molecular weight is 595 g/mol. The minimum atomic E-state index is -3.81. The monoisotopic (exact) mass is 594 g/mol. The van der Waals surface area contributed by atoms with Crippen molar-refractivity contribution in [1.82, 2.24) is 20.0 Å². The van der Waals surface area contributed by atoms with E-state index in [2.05, 4.69) is 15.3 Å². The van der Waals surface area contributed by atoms with Crippen molar-refractivity contribution in [2.24, 2.45) is 7.05 Å². The highest BCUT2D eigenvalue weighted by molar-refractivity contribution is 6.32. The molecule has 0 unspecified atom stereocenters. The number of amides is 1. The van der Waals surface area contributed by atoms with E-state index in [1.807, 2.05) is 25.2 Å². The van der Waals surface area contributed by atoms with E-state index in [0.29, 0.717) is 16.3 Å². The van der Waals surface area contributed by atoms with Crippen molar-refractivity contribution in [3.05, 3.63) is 83.0 Å². The number of nitrogens with one attached hydrogen (secondary N) is 1. The van der Waals surface area contributed by atoms with Crippen LogP contribution in [0.1, 0.15) is 42.9 Å². The molecule has 1 saturated carbocycles. The fourth-order valence-electron chi connectivity index (χ4n) is 5.47. The van der Waals surface area contributed by atoms with Crippen molar-refractivity contribution in [3.63, 3.8) is 0 Å². The number of aliphatic hydroxyl groups excluding tert-OH is 1. The van der Waals surface area contributed by atoms with Crippen molar-refractivity contribution < 1.29 is 23.4 Å². The number of ether oxygens (including phenoxy) is 1. The number of hydrogen-bond donors (Lipinski definition) is 2. The lowest BCUT2D eigenvalue weighted by Crippen LogP contribution is -2.50. The van der Waals surface area contributed by atoms with Crippen molar-refractivity contribution in [3.8, 4) is 16.9 Å². The first-order valence-corrected chi connectivity index (χ1v) is 14.6. The normalized spacial score (nSPS) is 17.4. The van der Waals surface area contributed by atoms with Gasteiger partial charge in [0.2, 0.25) is 0 Å². The van der Waals surface area contributed by atoms with Gasteiger partial charge in [0.1, 0.15) is 11.9 Å². The van der Waals surface area contributed by atoms with Gasteiger partial charge in [-0.25, -0.2) is 0 Å². The molecule has 1 amide bonds. The van der Waals surface area contributed by atoms with Crippen LogP contribution >= 0.6 is 11.6 Å². The third-order valence-corrected chi connectivity index (χ3v) is 8.37. The van der Waals surface area contributed by atoms with Crippen molar-refractivity contribution in [2.45, 2.75) is 49.9 Å². The number of likely N-dealkylation sites (tertiary alicyclic amines) is 1. The van der Waals surface area contributed by atoms with Crippen LogP contribution in [0.3, 0.4) is 0 Å². The molecule has 42 heavy (non-hydrogen) atoms. The molecule has 1 aliphatic carbocycles. The van der Waals surface area contributed by atoms with Gasteiger partial charge in [-0.3, -0.25) is 9.48 Å². The highest BCUT2D eigenvalue weighted by Gasteiger charge is 2.43. The van der Waals surface area contributed by atoms with Crippen LogP contribution in [0, 0.1) is 0 Å². The molecule has 3 aromatic carbocycles. The Labute approximate surface area is 248 Å². The Balaban J connectivity index is 1.19. The number of aromatic nitrogens is 2. The molecule has 1 aromatic heterocycles. The number of rotatable bonds is 10. The van der Waals surface area contributed by atoms with Gasteiger partial charge in [0.15, 0.2) is 0 Å². The Morgan fingerprint density at radius 2 is 1.81 bits per heavy atom. The van der Waals surface area contributed by atoms with E-state index < -0.39 is 29.5 Å². The first-order valence-electron chi connectivity index (χ1n) is 14.3. The van der Waals surface area contributed by atoms with E-state index in [4.69, 9.17) is 16.3 Å². The van der Waals surface area contributed by atoms with Crippen LogP contribution in [0.5, 0.6) is 5.75 Å². The largest absolute Gasteiger partial charge is 0.489 e. The summed E-state index contributed by atoms with van der Waals surface area (Å²) in [5, 5.41) is 19.3. The van der Waals surface area contributed by atoms with Crippen LogP contribution in [-0.2, 0) is 17.8 Å². The topological polar surface area (TPSA) is 79.6 Å². The van der Waals surface area contributed by atoms with Crippen LogP contribution in [-0.4, -0.2) is 57.5 Å². The van der Waals surface area contributed by atoms with Gasteiger partial charge in [-0.15, -0.1) is 0 Å². The SMILES string of the molecule is Cn1ncc2cc(-c3ccc(C(F)(F)C(=O)N[C@H](CN4CCCC4)[C@H](O)c4ccc(OC5CC5)c(Cl)c4)cc3)ccc21. The average Bonchev–Trinajstić information content (AvgIpc) is 3.51. The second-order valence-corrected chi connectivity index (χ2v) is 11.6. The molecule has 10 heteroatoms. The van der Waals surface area contributed by atoms with Gasteiger partial charge >= 0.3 is 5.92 Å². The zero-order valence-corrected chi connectivity index (χ0v) is 24.0. The molecule has 7 nitrogen and oxygen atoms in total. The molecule has 2 atom stereocenters. The number of benzene rings is 3. The summed E-state index contributed by atoms with van der Waals surface area (Å²) in [6.45, 7) is 1.78. The maximum atomic E-state index is 15.5. The molecule has 220 valence electrons. The molecule has 6 rings (SSSR count). The number of halogens is 3. The van der Waals surface area contributed by atoms with Gasteiger partial charge in [-0.05, 0) is 79.7 Å². The molecule has 0 spiro atoms. The van der Waals surface area contributed by atoms with Crippen LogP contribution in [0.4, 0.5) is 8.78 Å². The number of hydrogen-bond acceptors (Lipinski definition) is 5. The maximum absolute atomic E-state index is 15.5. The van der Waals surface area contributed by atoms with Crippen molar-refractivity contribution >= 4 is 28.4 Å². The summed E-state index contributed by atoms with van der Waals surface area (Å²) < 4.78 is 38.6. The summed E-state index contributed by atoms with van der Waals surface area (Å²) in [6.07, 6.45) is 4.57. The molecule has 2 aliphatic rings. The Hall–Kier alpha value is -3.53. The van der Waals surface area contributed by atoms with Crippen LogP contribution in [0.2, 0.25) is 5.02 Å². The Morgan fingerprint density at radius 1 is 1.10 bits per heavy atom. The summed E-state index contributed by atoms with van der Waals surface area (Å²) in [5.74, 6) is -4.75. The number of aliphatic hydroxyl groups is 1. The summed E-state index contributed by atoms with van der Waals surface area (Å²) in [6, 6.07) is 15.4. The molecule has 0 radical (unpaired) electrons. The van der Waals surface area contributed by atoms with Crippen LogP contribution in [0.25, 0.3) is 22.0 Å². The number of fused-ring (bicyclic) bond motifs is 1. The van der Waals surface area contributed by atoms with E-state index in [-0.39, 0.29) is 12.6 Å². The smallest absolute Gasteiger partial charge is 0.349 e. The van der Waals surface area contributed by atoms with Crippen molar-refractivity contribution in [1.29, 1.82) is 0 Å². The van der Waals surface area contributed by atoms with Crippen LogP contribution in [0.15, 0.2) is 66.9 Å². The summed E-state index contributed by atoms with van der Waals surface area (Å²) in [7, 11) is 1.86. The Bertz CT molecular complexity index is 1580. The molecular weight excluding hydrogens is 562 g/mol. The molecule has 1 aliphatic heterocycles. The second-order valence-electron chi connectivity index (χ2n) is 11.2. The van der Waals surface area contributed by atoms with E-state index in [0.717, 1.165) is 60.8 Å². The lowest BCUT2D eigenvalue weighted by Gasteiger charge is -2.30. The number of carbonyl (C=O) groups is 1. The van der Waals surface area contributed by atoms with E-state index >= 15 is 8.78 Å². The van der Waals surface area contributed by atoms with Gasteiger partial charge in [0, 0.05) is 24.5 Å². The minimum Gasteiger partial charge on any atom is -0.489 e. The molecule has 2 heterocycles. The molecule has 4 aromatic rings. The molecule has 2 fully saturated rings. The second kappa shape index (κ2) is 11.6. The Kier molecular flexibility index (Phi) is 7.91. The summed E-state index contributed by atoms with van der Waals surface area (Å²) in [4.78, 5) is 15.2. The lowest BCUT2D eigenvalue weighted by molar-refractivity contribution is -0.149. The molecular formula is C32H33ClF2N4O3. The zero-order chi connectivity index (χ0) is 29.4. The van der Waals surface area contributed by atoms with Gasteiger partial charge in [0.25, 0.3) is 5.91 Å². The van der Waals surface area contributed by atoms with Crippen molar-refractivity contribution in [2.75, 3.05) is 19.6 Å². The van der Waals surface area contributed by atoms with Gasteiger partial charge in [-0.1, -0.05) is 48.0 Å². The van der Waals surface area contributed by atoms with E-state index in [9.17, 15) is 9.90 Å². The maximum Gasteiger partial charge on any atom is 0.349 e. The number of carbonyl (C=O) groups excluding carboxylic acids is 1. The third kappa shape index (κ3) is 6.00. The summed E-state index contributed by atoms with van der Waals surface area (Å²) in [5.41, 5.74) is 2.56. The fourth-order valence-corrected chi connectivity index (χ4v) is 5.70. The lowest BCUT2D eigenvalue weighted by atomic mass is 9.98. The number of nitrogens with zero attached hydrogens (tertiary/aromatic N) is 3. The van der Waals surface area contributed by atoms with Crippen LogP contribution < -0.4 is 10.1 Å². The molecule has 1 saturated heterocycles. The number of aryl methyl sites for hydroxylation is 1. The predicted molar refractivity (Wildman–Crippen MR) is 158 cm³/mol. The number of alkyl halides is 2. The zero-order valence-electron chi connectivity index (χ0n) is 23.3. The van der Waals surface area contributed by atoms with E-state index in [1.54, 1.807) is 41.2 Å². The van der Waals surface area contributed by atoms with Gasteiger partial charge < -0.3 is 20.1 Å². The highest BCUT2D eigenvalue weighted by Crippen LogP contribution is 2.35. The van der Waals surface area contributed by atoms with E-state index in [1.165, 1.54) is 12.1 Å². The summed E-state index contributed by atoms with van der Waals surface area (Å²) >= 11 is 6.41. The van der Waals surface area contributed by atoms with Gasteiger partial charge in [-0.2, -0.15) is 13.9 Å².